The van der Waals surface area contributed by atoms with E-state index in [0.717, 1.165) is 0 Å². The zero-order valence-electron chi connectivity index (χ0n) is 14.5. The predicted octanol–water partition coefficient (Wildman–Crippen LogP) is 3.29. The molecule has 1 aliphatic rings. The third-order valence-corrected chi connectivity index (χ3v) is 4.15. The SMILES string of the molecule is COc1cn(-c2ccc(F)cc2)c(COc2ccc3c(c2)OCO3)cc1=O. The van der Waals surface area contributed by atoms with Gasteiger partial charge in [0.25, 0.3) is 0 Å². The average molecular weight is 369 g/mol. The van der Waals surface area contributed by atoms with E-state index in [1.807, 2.05) is 0 Å². The molecule has 3 aromatic rings. The summed E-state index contributed by atoms with van der Waals surface area (Å²) in [5.41, 5.74) is 1.00. The summed E-state index contributed by atoms with van der Waals surface area (Å²) < 4.78 is 36.5. The first-order valence-corrected chi connectivity index (χ1v) is 8.22. The largest absolute Gasteiger partial charge is 0.491 e. The molecule has 2 aromatic carbocycles. The summed E-state index contributed by atoms with van der Waals surface area (Å²) >= 11 is 0. The van der Waals surface area contributed by atoms with Gasteiger partial charge in [-0.05, 0) is 36.4 Å². The second-order valence-electron chi connectivity index (χ2n) is 5.85. The highest BCUT2D eigenvalue weighted by Crippen LogP contribution is 2.35. The summed E-state index contributed by atoms with van der Waals surface area (Å²) in [4.78, 5) is 12.2. The number of fused-ring (bicyclic) bond motifs is 1. The number of hydrogen-bond acceptors (Lipinski definition) is 5. The molecule has 0 bridgehead atoms. The van der Waals surface area contributed by atoms with Crippen molar-refractivity contribution in [1.82, 2.24) is 4.57 Å². The van der Waals surface area contributed by atoms with Gasteiger partial charge in [0.15, 0.2) is 17.2 Å². The number of aromatic nitrogens is 1. The molecule has 0 aliphatic carbocycles. The lowest BCUT2D eigenvalue weighted by atomic mass is 10.2. The molecule has 0 amide bonds. The van der Waals surface area contributed by atoms with Crippen LogP contribution in [0.3, 0.4) is 0 Å². The number of hydrogen-bond donors (Lipinski definition) is 0. The highest BCUT2D eigenvalue weighted by Gasteiger charge is 2.15. The van der Waals surface area contributed by atoms with Gasteiger partial charge in [-0.3, -0.25) is 4.79 Å². The standard InChI is InChI=1S/C20H16FNO5/c1-24-20-10-22(14-4-2-13(21)3-5-14)15(8-17(20)23)11-25-16-6-7-18-19(9-16)27-12-26-18/h2-10H,11-12H2,1H3. The number of rotatable bonds is 5. The van der Waals surface area contributed by atoms with Crippen molar-refractivity contribution < 1.29 is 23.3 Å². The van der Waals surface area contributed by atoms with Crippen molar-refractivity contribution in [1.29, 1.82) is 0 Å². The first-order valence-electron chi connectivity index (χ1n) is 8.22. The molecule has 0 N–H and O–H groups in total. The van der Waals surface area contributed by atoms with Crippen molar-refractivity contribution >= 4 is 0 Å². The van der Waals surface area contributed by atoms with Crippen molar-refractivity contribution in [2.45, 2.75) is 6.61 Å². The Balaban J connectivity index is 1.65. The van der Waals surface area contributed by atoms with Crippen molar-refractivity contribution in [2.75, 3.05) is 13.9 Å². The normalized spacial score (nSPS) is 12.1. The maximum absolute atomic E-state index is 13.3. The van der Waals surface area contributed by atoms with E-state index in [1.165, 1.54) is 25.3 Å². The Hall–Kier alpha value is -3.48. The second-order valence-corrected chi connectivity index (χ2v) is 5.85. The summed E-state index contributed by atoms with van der Waals surface area (Å²) in [5.74, 6) is 1.69. The second kappa shape index (κ2) is 7.03. The Bertz CT molecular complexity index is 1030. The first-order chi connectivity index (χ1) is 13.1. The summed E-state index contributed by atoms with van der Waals surface area (Å²) in [6.45, 7) is 0.303. The van der Waals surface area contributed by atoms with E-state index in [0.29, 0.717) is 28.6 Å². The zero-order valence-corrected chi connectivity index (χ0v) is 14.5. The predicted molar refractivity (Wildman–Crippen MR) is 95.4 cm³/mol. The Morgan fingerprint density at radius 3 is 2.63 bits per heavy atom. The molecule has 0 atom stereocenters. The minimum Gasteiger partial charge on any atom is -0.491 e. The summed E-state index contributed by atoms with van der Waals surface area (Å²) in [6, 6.07) is 12.6. The lowest BCUT2D eigenvalue weighted by Crippen LogP contribution is -2.15. The molecule has 0 fully saturated rings. The molecule has 6 nitrogen and oxygen atoms in total. The van der Waals surface area contributed by atoms with Gasteiger partial charge in [-0.1, -0.05) is 0 Å². The van der Waals surface area contributed by atoms with Crippen molar-refractivity contribution in [3.05, 3.63) is 76.5 Å². The summed E-state index contributed by atoms with van der Waals surface area (Å²) in [6.07, 6.45) is 1.56. The van der Waals surface area contributed by atoms with Gasteiger partial charge in [-0.2, -0.15) is 0 Å². The van der Waals surface area contributed by atoms with Crippen LogP contribution in [0.25, 0.3) is 5.69 Å². The number of halogens is 1. The van der Waals surface area contributed by atoms with E-state index in [1.54, 1.807) is 41.1 Å². The first kappa shape index (κ1) is 17.0. The Morgan fingerprint density at radius 1 is 1.07 bits per heavy atom. The fourth-order valence-electron chi connectivity index (χ4n) is 2.79. The lowest BCUT2D eigenvalue weighted by molar-refractivity contribution is 0.173. The minimum atomic E-state index is -0.343. The Labute approximate surface area is 154 Å². The summed E-state index contributed by atoms with van der Waals surface area (Å²) in [7, 11) is 1.43. The number of pyridine rings is 1. The molecule has 7 heteroatoms. The fraction of sp³-hybridized carbons (Fsp3) is 0.150. The van der Waals surface area contributed by atoms with Gasteiger partial charge in [0.05, 0.1) is 19.0 Å². The van der Waals surface area contributed by atoms with Crippen LogP contribution in [-0.4, -0.2) is 18.5 Å². The fourth-order valence-corrected chi connectivity index (χ4v) is 2.79. The molecule has 2 heterocycles. The van der Waals surface area contributed by atoms with Crippen LogP contribution in [-0.2, 0) is 6.61 Å². The maximum Gasteiger partial charge on any atom is 0.231 e. The van der Waals surface area contributed by atoms with E-state index in [9.17, 15) is 9.18 Å². The Morgan fingerprint density at radius 2 is 1.85 bits per heavy atom. The molecule has 0 unspecified atom stereocenters. The molecule has 138 valence electrons. The van der Waals surface area contributed by atoms with Gasteiger partial charge in [0, 0.05) is 17.8 Å². The van der Waals surface area contributed by atoms with Gasteiger partial charge < -0.3 is 23.5 Å². The van der Waals surface area contributed by atoms with Gasteiger partial charge >= 0.3 is 0 Å². The smallest absolute Gasteiger partial charge is 0.231 e. The zero-order chi connectivity index (χ0) is 18.8. The third-order valence-electron chi connectivity index (χ3n) is 4.15. The molecular formula is C20H16FNO5. The quantitative estimate of drug-likeness (QED) is 0.691. The molecular weight excluding hydrogens is 353 g/mol. The van der Waals surface area contributed by atoms with Crippen LogP contribution in [0.5, 0.6) is 23.0 Å². The van der Waals surface area contributed by atoms with E-state index in [-0.39, 0.29) is 30.4 Å². The van der Waals surface area contributed by atoms with Crippen molar-refractivity contribution in [3.8, 4) is 28.7 Å². The van der Waals surface area contributed by atoms with E-state index < -0.39 is 0 Å². The molecule has 0 saturated carbocycles. The van der Waals surface area contributed by atoms with Crippen LogP contribution in [0, 0.1) is 5.82 Å². The van der Waals surface area contributed by atoms with Crippen molar-refractivity contribution in [2.24, 2.45) is 0 Å². The number of methoxy groups -OCH3 is 1. The number of benzene rings is 2. The van der Waals surface area contributed by atoms with Gasteiger partial charge in [0.2, 0.25) is 12.2 Å². The number of ether oxygens (including phenoxy) is 4. The minimum absolute atomic E-state index is 0.121. The monoisotopic (exact) mass is 369 g/mol. The highest BCUT2D eigenvalue weighted by atomic mass is 19.1. The van der Waals surface area contributed by atoms with Crippen LogP contribution < -0.4 is 24.4 Å². The maximum atomic E-state index is 13.3. The molecule has 27 heavy (non-hydrogen) atoms. The van der Waals surface area contributed by atoms with Crippen LogP contribution in [0.1, 0.15) is 5.69 Å². The van der Waals surface area contributed by atoms with E-state index >= 15 is 0 Å². The molecule has 1 aliphatic heterocycles. The van der Waals surface area contributed by atoms with Gasteiger partial charge in [-0.15, -0.1) is 0 Å². The lowest BCUT2D eigenvalue weighted by Gasteiger charge is -2.16. The van der Waals surface area contributed by atoms with Crippen LogP contribution in [0.4, 0.5) is 4.39 Å². The third kappa shape index (κ3) is 3.44. The van der Waals surface area contributed by atoms with E-state index in [4.69, 9.17) is 18.9 Å². The van der Waals surface area contributed by atoms with E-state index in [2.05, 4.69) is 0 Å². The van der Waals surface area contributed by atoms with Gasteiger partial charge in [0.1, 0.15) is 18.2 Å². The Kier molecular flexibility index (Phi) is 4.42. The van der Waals surface area contributed by atoms with Crippen LogP contribution >= 0.6 is 0 Å². The topological polar surface area (TPSA) is 58.9 Å². The van der Waals surface area contributed by atoms with Crippen LogP contribution in [0.2, 0.25) is 0 Å². The number of nitrogens with zero attached hydrogens (tertiary/aromatic N) is 1. The highest BCUT2D eigenvalue weighted by molar-refractivity contribution is 5.47. The molecule has 4 rings (SSSR count). The average Bonchev–Trinajstić information content (AvgIpc) is 3.15. The molecule has 0 radical (unpaired) electrons. The van der Waals surface area contributed by atoms with Crippen LogP contribution in [0.15, 0.2) is 59.5 Å². The summed E-state index contributed by atoms with van der Waals surface area (Å²) in [5, 5.41) is 0. The van der Waals surface area contributed by atoms with Gasteiger partial charge in [-0.25, -0.2) is 4.39 Å². The molecule has 1 aromatic heterocycles. The molecule has 0 spiro atoms. The van der Waals surface area contributed by atoms with Crippen molar-refractivity contribution in [3.63, 3.8) is 0 Å². The molecule has 0 saturated heterocycles.